The van der Waals surface area contributed by atoms with Gasteiger partial charge >= 0.3 is 5.97 Å². The summed E-state index contributed by atoms with van der Waals surface area (Å²) in [7, 11) is -4.18. The monoisotopic (exact) mass is 245 g/mol. The smallest absolute Gasteiger partial charge is 0.319 e. The standard InChI is InChI=1S/C8H7NO6S/c10-8(11)5-16(14,15)7-4-2-1-3-6(7)9(12)13/h1-4H,5H2,(H,10,11). The van der Waals surface area contributed by atoms with Gasteiger partial charge in [-0.3, -0.25) is 14.9 Å². The van der Waals surface area contributed by atoms with Crippen LogP contribution in [0.1, 0.15) is 0 Å². The summed E-state index contributed by atoms with van der Waals surface area (Å²) in [5.41, 5.74) is -0.622. The van der Waals surface area contributed by atoms with E-state index in [1.54, 1.807) is 0 Å². The number of nitrogens with zero attached hydrogens (tertiary/aromatic N) is 1. The molecule has 86 valence electrons. The fourth-order valence-electron chi connectivity index (χ4n) is 1.11. The average molecular weight is 245 g/mol. The Kier molecular flexibility index (Phi) is 3.23. The summed E-state index contributed by atoms with van der Waals surface area (Å²) in [5, 5.41) is 18.9. The number of hydrogen-bond acceptors (Lipinski definition) is 5. The summed E-state index contributed by atoms with van der Waals surface area (Å²) in [6.45, 7) is 0. The Bertz CT molecular complexity index is 535. The molecule has 0 amide bonds. The van der Waals surface area contributed by atoms with Crippen LogP contribution in [-0.4, -0.2) is 30.2 Å². The third kappa shape index (κ3) is 2.54. The molecule has 0 aliphatic rings. The summed E-state index contributed by atoms with van der Waals surface area (Å²) in [4.78, 5) is 19.4. The molecular formula is C8H7NO6S. The average Bonchev–Trinajstić information content (AvgIpc) is 2.15. The second kappa shape index (κ2) is 4.27. The molecule has 0 atom stereocenters. The van der Waals surface area contributed by atoms with Crippen LogP contribution in [-0.2, 0) is 14.6 Å². The number of aliphatic carboxylic acids is 1. The van der Waals surface area contributed by atoms with Gasteiger partial charge < -0.3 is 5.11 Å². The first kappa shape index (κ1) is 12.1. The van der Waals surface area contributed by atoms with Crippen LogP contribution in [0.3, 0.4) is 0 Å². The van der Waals surface area contributed by atoms with Gasteiger partial charge in [-0.2, -0.15) is 0 Å². The summed E-state index contributed by atoms with van der Waals surface area (Å²) >= 11 is 0. The van der Waals surface area contributed by atoms with Crippen molar-refractivity contribution >= 4 is 21.5 Å². The van der Waals surface area contributed by atoms with Gasteiger partial charge in [-0.05, 0) is 6.07 Å². The molecule has 0 aliphatic heterocycles. The molecule has 1 rings (SSSR count). The minimum atomic E-state index is -4.18. The molecule has 1 aromatic carbocycles. The molecule has 0 heterocycles. The molecule has 0 unspecified atom stereocenters. The number of benzene rings is 1. The maximum absolute atomic E-state index is 11.5. The Morgan fingerprint density at radius 3 is 2.44 bits per heavy atom. The van der Waals surface area contributed by atoms with Gasteiger partial charge in [0.15, 0.2) is 15.6 Å². The molecule has 0 aliphatic carbocycles. The molecule has 1 N–H and O–H groups in total. The minimum absolute atomic E-state index is 0.581. The van der Waals surface area contributed by atoms with Crippen LogP contribution in [0.25, 0.3) is 0 Å². The lowest BCUT2D eigenvalue weighted by Gasteiger charge is -2.01. The molecule has 8 heteroatoms. The molecule has 1 aromatic rings. The molecule has 16 heavy (non-hydrogen) atoms. The third-order valence-electron chi connectivity index (χ3n) is 1.71. The molecule has 0 saturated carbocycles. The van der Waals surface area contributed by atoms with E-state index in [0.29, 0.717) is 0 Å². The highest BCUT2D eigenvalue weighted by Gasteiger charge is 2.27. The van der Waals surface area contributed by atoms with Gasteiger partial charge in [0.2, 0.25) is 0 Å². The third-order valence-corrected chi connectivity index (χ3v) is 3.35. The first-order valence-electron chi connectivity index (χ1n) is 4.02. The van der Waals surface area contributed by atoms with Gasteiger partial charge in [0.1, 0.15) is 4.90 Å². The van der Waals surface area contributed by atoms with Crippen molar-refractivity contribution in [3.63, 3.8) is 0 Å². The van der Waals surface area contributed by atoms with E-state index in [-0.39, 0.29) is 0 Å². The Morgan fingerprint density at radius 2 is 1.94 bits per heavy atom. The molecule has 0 aromatic heterocycles. The molecule has 0 spiro atoms. The zero-order chi connectivity index (χ0) is 12.3. The molecule has 0 fully saturated rings. The second-order valence-corrected chi connectivity index (χ2v) is 4.84. The van der Waals surface area contributed by atoms with Gasteiger partial charge in [0.05, 0.1) is 4.92 Å². The zero-order valence-corrected chi connectivity index (χ0v) is 8.68. The van der Waals surface area contributed by atoms with Crippen molar-refractivity contribution in [2.24, 2.45) is 0 Å². The largest absolute Gasteiger partial charge is 0.480 e. The van der Waals surface area contributed by atoms with Crippen LogP contribution >= 0.6 is 0 Å². The maximum Gasteiger partial charge on any atom is 0.319 e. The fourth-order valence-corrected chi connectivity index (χ4v) is 2.34. The maximum atomic E-state index is 11.5. The van der Waals surface area contributed by atoms with E-state index in [2.05, 4.69) is 0 Å². The highest BCUT2D eigenvalue weighted by molar-refractivity contribution is 7.92. The number of nitro groups is 1. The predicted molar refractivity (Wildman–Crippen MR) is 52.8 cm³/mol. The molecule has 0 radical (unpaired) electrons. The quantitative estimate of drug-likeness (QED) is 0.608. The lowest BCUT2D eigenvalue weighted by atomic mass is 10.3. The number of nitro benzene ring substituents is 1. The summed E-state index contributed by atoms with van der Waals surface area (Å²) in [6.07, 6.45) is 0. The topological polar surface area (TPSA) is 115 Å². The predicted octanol–water partition coefficient (Wildman–Crippen LogP) is 0.453. The Hall–Kier alpha value is -1.96. The van der Waals surface area contributed by atoms with Gasteiger partial charge in [0, 0.05) is 6.07 Å². The van der Waals surface area contributed by atoms with E-state index < -0.39 is 37.1 Å². The van der Waals surface area contributed by atoms with E-state index in [9.17, 15) is 23.3 Å². The molecule has 0 bridgehead atoms. The van der Waals surface area contributed by atoms with E-state index >= 15 is 0 Å². The van der Waals surface area contributed by atoms with Crippen molar-refractivity contribution in [2.45, 2.75) is 4.90 Å². The molecule has 0 saturated heterocycles. The van der Waals surface area contributed by atoms with Crippen LogP contribution in [0.2, 0.25) is 0 Å². The van der Waals surface area contributed by atoms with E-state index in [0.717, 1.165) is 12.1 Å². The summed E-state index contributed by atoms with van der Waals surface area (Å²) in [5.74, 6) is -2.73. The van der Waals surface area contributed by atoms with E-state index in [4.69, 9.17) is 5.11 Å². The SMILES string of the molecule is O=C(O)CS(=O)(=O)c1ccccc1[N+](=O)[O-]. The number of carboxylic acids is 1. The Labute approximate surface area is 90.4 Å². The van der Waals surface area contributed by atoms with Crippen molar-refractivity contribution in [1.82, 2.24) is 0 Å². The van der Waals surface area contributed by atoms with Gasteiger partial charge in [-0.15, -0.1) is 0 Å². The molecule has 7 nitrogen and oxygen atoms in total. The number of rotatable bonds is 4. The Morgan fingerprint density at radius 1 is 1.38 bits per heavy atom. The number of sulfone groups is 1. The first-order chi connectivity index (χ1) is 7.34. The number of para-hydroxylation sites is 1. The number of hydrogen-bond donors (Lipinski definition) is 1. The second-order valence-electron chi connectivity index (χ2n) is 2.88. The van der Waals surface area contributed by atoms with Gasteiger partial charge in [-0.1, -0.05) is 12.1 Å². The Balaban J connectivity index is 3.33. The van der Waals surface area contributed by atoms with Crippen molar-refractivity contribution in [3.8, 4) is 0 Å². The van der Waals surface area contributed by atoms with E-state index in [1.165, 1.54) is 12.1 Å². The summed E-state index contributed by atoms with van der Waals surface area (Å²) < 4.78 is 23.0. The first-order valence-corrected chi connectivity index (χ1v) is 5.68. The van der Waals surface area contributed by atoms with Crippen molar-refractivity contribution in [1.29, 1.82) is 0 Å². The number of carboxylic acid groups (broad SMARTS) is 1. The van der Waals surface area contributed by atoms with Crippen LogP contribution in [0, 0.1) is 10.1 Å². The summed E-state index contributed by atoms with van der Waals surface area (Å²) in [6, 6.07) is 4.62. The van der Waals surface area contributed by atoms with Crippen LogP contribution in [0.4, 0.5) is 5.69 Å². The van der Waals surface area contributed by atoms with Crippen molar-refractivity contribution < 1.29 is 23.2 Å². The highest BCUT2D eigenvalue weighted by Crippen LogP contribution is 2.23. The lowest BCUT2D eigenvalue weighted by molar-refractivity contribution is -0.387. The highest BCUT2D eigenvalue weighted by atomic mass is 32.2. The van der Waals surface area contributed by atoms with Crippen LogP contribution in [0.15, 0.2) is 29.2 Å². The van der Waals surface area contributed by atoms with Crippen LogP contribution < -0.4 is 0 Å². The number of carbonyl (C=O) groups is 1. The zero-order valence-electron chi connectivity index (χ0n) is 7.86. The van der Waals surface area contributed by atoms with Gasteiger partial charge in [-0.25, -0.2) is 8.42 Å². The molecular weight excluding hydrogens is 238 g/mol. The van der Waals surface area contributed by atoms with Crippen molar-refractivity contribution in [3.05, 3.63) is 34.4 Å². The minimum Gasteiger partial charge on any atom is -0.480 e. The van der Waals surface area contributed by atoms with E-state index in [1.807, 2.05) is 0 Å². The lowest BCUT2D eigenvalue weighted by Crippen LogP contribution is -2.16. The van der Waals surface area contributed by atoms with Crippen LogP contribution in [0.5, 0.6) is 0 Å². The van der Waals surface area contributed by atoms with Crippen molar-refractivity contribution in [2.75, 3.05) is 5.75 Å². The normalized spacial score (nSPS) is 11.0. The fraction of sp³-hybridized carbons (Fsp3) is 0.125. The van der Waals surface area contributed by atoms with Gasteiger partial charge in [0.25, 0.3) is 5.69 Å².